The first-order valence-electron chi connectivity index (χ1n) is 8.64. The van der Waals surface area contributed by atoms with Gasteiger partial charge in [0.25, 0.3) is 5.97 Å². The largest absolute Gasteiger partial charge is 0.394 e. The molecular formula is C17H36O8. The summed E-state index contributed by atoms with van der Waals surface area (Å²) in [5, 5.41) is 17.2. The molecule has 0 aromatic rings. The average molecular weight is 368 g/mol. The fourth-order valence-corrected chi connectivity index (χ4v) is 1.82. The van der Waals surface area contributed by atoms with E-state index in [0.29, 0.717) is 38.3 Å². The fraction of sp³-hybridized carbons (Fsp3) is 1.00. The monoisotopic (exact) mass is 368 g/mol. The van der Waals surface area contributed by atoms with Gasteiger partial charge in [-0.25, -0.2) is 0 Å². The van der Waals surface area contributed by atoms with Gasteiger partial charge >= 0.3 is 0 Å². The Morgan fingerprint density at radius 3 is 2.12 bits per heavy atom. The zero-order valence-corrected chi connectivity index (χ0v) is 16.2. The number of aliphatic hydroxyl groups excluding tert-OH is 2. The quantitative estimate of drug-likeness (QED) is 0.264. The van der Waals surface area contributed by atoms with Crippen LogP contribution in [0, 0.1) is 5.92 Å². The van der Waals surface area contributed by atoms with Crippen LogP contribution in [0.3, 0.4) is 0 Å². The minimum atomic E-state index is -0.931. The van der Waals surface area contributed by atoms with E-state index in [1.54, 1.807) is 21.3 Å². The molecule has 0 aromatic heterocycles. The summed E-state index contributed by atoms with van der Waals surface area (Å²) in [5.41, 5.74) is 0. The molecule has 0 spiro atoms. The van der Waals surface area contributed by atoms with Crippen LogP contribution in [0.15, 0.2) is 0 Å². The van der Waals surface area contributed by atoms with Gasteiger partial charge < -0.3 is 38.6 Å². The third-order valence-electron chi connectivity index (χ3n) is 3.38. The van der Waals surface area contributed by atoms with Crippen LogP contribution in [-0.2, 0) is 28.4 Å². The van der Waals surface area contributed by atoms with Gasteiger partial charge in [-0.05, 0) is 12.3 Å². The number of methoxy groups -OCH3 is 3. The highest BCUT2D eigenvalue weighted by atomic mass is 16.9. The maximum Gasteiger partial charge on any atom is 0.282 e. The number of ether oxygens (including phenoxy) is 6. The van der Waals surface area contributed by atoms with Crippen molar-refractivity contribution < 1.29 is 38.6 Å². The molecule has 1 saturated heterocycles. The predicted octanol–water partition coefficient (Wildman–Crippen LogP) is 0.787. The fourth-order valence-electron chi connectivity index (χ4n) is 1.82. The van der Waals surface area contributed by atoms with Crippen molar-refractivity contribution in [1.29, 1.82) is 0 Å². The molecule has 0 bridgehead atoms. The molecule has 2 atom stereocenters. The molecule has 0 aromatic carbocycles. The summed E-state index contributed by atoms with van der Waals surface area (Å²) < 4.78 is 30.9. The molecule has 8 nitrogen and oxygen atoms in total. The van der Waals surface area contributed by atoms with Crippen LogP contribution in [0.25, 0.3) is 0 Å². The molecule has 152 valence electrons. The van der Waals surface area contributed by atoms with Crippen molar-refractivity contribution in [1.82, 2.24) is 0 Å². The Hall–Kier alpha value is -0.320. The zero-order valence-electron chi connectivity index (χ0n) is 16.2. The van der Waals surface area contributed by atoms with Crippen molar-refractivity contribution in [3.05, 3.63) is 0 Å². The molecule has 0 radical (unpaired) electrons. The summed E-state index contributed by atoms with van der Waals surface area (Å²) in [7, 11) is 4.68. The van der Waals surface area contributed by atoms with Crippen LogP contribution in [0.4, 0.5) is 0 Å². The summed E-state index contributed by atoms with van der Waals surface area (Å²) in [4.78, 5) is 0. The van der Waals surface area contributed by atoms with Crippen molar-refractivity contribution in [3.8, 4) is 0 Å². The third-order valence-corrected chi connectivity index (χ3v) is 3.38. The minimum absolute atomic E-state index is 0.224. The van der Waals surface area contributed by atoms with Gasteiger partial charge in [0, 0.05) is 41.0 Å². The molecule has 1 fully saturated rings. The van der Waals surface area contributed by atoms with Crippen LogP contribution in [-0.4, -0.2) is 89.4 Å². The van der Waals surface area contributed by atoms with Gasteiger partial charge in [-0.1, -0.05) is 13.8 Å². The van der Waals surface area contributed by atoms with E-state index in [2.05, 4.69) is 0 Å². The van der Waals surface area contributed by atoms with Crippen LogP contribution in [0.5, 0.6) is 0 Å². The van der Waals surface area contributed by atoms with Gasteiger partial charge in [0.05, 0.1) is 26.4 Å². The Kier molecular flexibility index (Phi) is 14.6. The minimum Gasteiger partial charge on any atom is -0.394 e. The van der Waals surface area contributed by atoms with E-state index < -0.39 is 12.1 Å². The maximum absolute atomic E-state index is 8.80. The molecule has 1 heterocycles. The molecule has 1 aliphatic rings. The lowest BCUT2D eigenvalue weighted by atomic mass is 10.2. The van der Waals surface area contributed by atoms with Crippen LogP contribution >= 0.6 is 0 Å². The van der Waals surface area contributed by atoms with E-state index >= 15 is 0 Å². The first kappa shape index (κ1) is 24.7. The summed E-state index contributed by atoms with van der Waals surface area (Å²) in [6.07, 6.45) is 1.06. The van der Waals surface area contributed by atoms with Crippen LogP contribution < -0.4 is 0 Å². The standard InChI is InChI=1S/C10H20O5.C7H16O3/c1-11-10(12-2,13-3)5-4-6-14-7-9-8-15-9;1-6(2)4-10-5-7(9)3-8/h9H,4-8H2,1-3H3;6-9H,3-5H2,1-2H3. The number of aliphatic hydroxyl groups is 2. The van der Waals surface area contributed by atoms with Gasteiger partial charge in [0.2, 0.25) is 0 Å². The van der Waals surface area contributed by atoms with Crippen LogP contribution in [0.1, 0.15) is 26.7 Å². The zero-order chi connectivity index (χ0) is 19.1. The number of hydrogen-bond donors (Lipinski definition) is 2. The lowest BCUT2D eigenvalue weighted by Crippen LogP contribution is -2.36. The van der Waals surface area contributed by atoms with Crippen molar-refractivity contribution >= 4 is 0 Å². The summed E-state index contributed by atoms with van der Waals surface area (Å²) in [5.74, 6) is -0.453. The van der Waals surface area contributed by atoms with Crippen molar-refractivity contribution in [2.45, 2.75) is 44.9 Å². The van der Waals surface area contributed by atoms with Gasteiger partial charge in [0.1, 0.15) is 12.2 Å². The second-order valence-electron chi connectivity index (χ2n) is 6.20. The van der Waals surface area contributed by atoms with Crippen molar-refractivity contribution in [3.63, 3.8) is 0 Å². The average Bonchev–Trinajstić information content (AvgIpc) is 3.43. The second-order valence-corrected chi connectivity index (χ2v) is 6.20. The maximum atomic E-state index is 8.80. The van der Waals surface area contributed by atoms with E-state index in [4.69, 9.17) is 38.6 Å². The first-order valence-corrected chi connectivity index (χ1v) is 8.64. The molecule has 1 rings (SSSR count). The first-order chi connectivity index (χ1) is 11.9. The van der Waals surface area contributed by atoms with Gasteiger partial charge in [-0.3, -0.25) is 0 Å². The highest BCUT2D eigenvalue weighted by Crippen LogP contribution is 2.19. The highest BCUT2D eigenvalue weighted by molar-refractivity contribution is 4.67. The molecule has 8 heteroatoms. The number of hydrogen-bond acceptors (Lipinski definition) is 8. The molecule has 0 saturated carbocycles. The Bertz CT molecular complexity index is 284. The normalized spacial score (nSPS) is 18.0. The van der Waals surface area contributed by atoms with E-state index in [0.717, 1.165) is 13.0 Å². The smallest absolute Gasteiger partial charge is 0.282 e. The number of rotatable bonds is 14. The van der Waals surface area contributed by atoms with E-state index in [-0.39, 0.29) is 13.2 Å². The molecule has 0 amide bonds. The summed E-state index contributed by atoms with van der Waals surface area (Å²) >= 11 is 0. The third kappa shape index (κ3) is 13.5. The molecule has 2 unspecified atom stereocenters. The van der Waals surface area contributed by atoms with E-state index in [9.17, 15) is 0 Å². The van der Waals surface area contributed by atoms with Crippen LogP contribution in [0.2, 0.25) is 0 Å². The van der Waals surface area contributed by atoms with Crippen molar-refractivity contribution in [2.75, 3.05) is 61.0 Å². The topological polar surface area (TPSA) is 99.1 Å². The lowest BCUT2D eigenvalue weighted by molar-refractivity contribution is -0.355. The Morgan fingerprint density at radius 1 is 1.08 bits per heavy atom. The van der Waals surface area contributed by atoms with Gasteiger partial charge in [-0.15, -0.1) is 0 Å². The van der Waals surface area contributed by atoms with Gasteiger partial charge in [0.15, 0.2) is 0 Å². The van der Waals surface area contributed by atoms with E-state index in [1.165, 1.54) is 0 Å². The highest BCUT2D eigenvalue weighted by Gasteiger charge is 2.29. The molecular weight excluding hydrogens is 332 g/mol. The SMILES string of the molecule is CC(C)COCC(O)CO.COC(CCCOCC1CO1)(OC)OC. The Labute approximate surface area is 151 Å². The Morgan fingerprint density at radius 2 is 1.68 bits per heavy atom. The van der Waals surface area contributed by atoms with Gasteiger partial charge in [-0.2, -0.15) is 0 Å². The summed E-state index contributed by atoms with van der Waals surface area (Å²) in [6.45, 7) is 6.89. The molecule has 25 heavy (non-hydrogen) atoms. The predicted molar refractivity (Wildman–Crippen MR) is 92.3 cm³/mol. The molecule has 1 aliphatic heterocycles. The second kappa shape index (κ2) is 14.8. The number of epoxide rings is 1. The lowest BCUT2D eigenvalue weighted by Gasteiger charge is -2.28. The van der Waals surface area contributed by atoms with Crippen molar-refractivity contribution in [2.24, 2.45) is 5.92 Å². The summed E-state index contributed by atoms with van der Waals surface area (Å²) in [6, 6.07) is 0. The molecule has 0 aliphatic carbocycles. The van der Waals surface area contributed by atoms with E-state index in [1.807, 2.05) is 13.8 Å². The molecule has 2 N–H and O–H groups in total. The Balaban J connectivity index is 0.000000504.